The number of anilines is 1. The van der Waals surface area contributed by atoms with Gasteiger partial charge in [-0.3, -0.25) is 14.4 Å². The van der Waals surface area contributed by atoms with Gasteiger partial charge in [0.1, 0.15) is 0 Å². The number of para-hydroxylation sites is 1. The lowest BCUT2D eigenvalue weighted by molar-refractivity contribution is -0.153. The van der Waals surface area contributed by atoms with Gasteiger partial charge in [-0.1, -0.05) is 18.2 Å². The molecule has 0 radical (unpaired) electrons. The molecule has 0 unspecified atom stereocenters. The molecule has 26 heavy (non-hydrogen) atoms. The zero-order valence-electron chi connectivity index (χ0n) is 14.4. The molecule has 0 fully saturated rings. The summed E-state index contributed by atoms with van der Waals surface area (Å²) in [4.78, 5) is 37.8. The van der Waals surface area contributed by atoms with E-state index in [1.165, 1.54) is 12.3 Å². The van der Waals surface area contributed by atoms with Crippen molar-refractivity contribution >= 4 is 23.5 Å². The van der Waals surface area contributed by atoms with Gasteiger partial charge in [0.2, 0.25) is 0 Å². The van der Waals surface area contributed by atoms with Crippen molar-refractivity contribution in [2.24, 2.45) is 0 Å². The molecule has 0 saturated carbocycles. The molecule has 0 spiro atoms. The van der Waals surface area contributed by atoms with E-state index in [1.807, 2.05) is 24.3 Å². The minimum Gasteiger partial charge on any atom is -0.459 e. The molecule has 136 valence electrons. The van der Waals surface area contributed by atoms with Gasteiger partial charge in [0.25, 0.3) is 11.8 Å². The van der Waals surface area contributed by atoms with Crippen molar-refractivity contribution < 1.29 is 23.5 Å². The summed E-state index contributed by atoms with van der Waals surface area (Å²) in [5.41, 5.74) is 1.98. The number of carbonyl (C=O) groups excluding carboxylic acids is 3. The van der Waals surface area contributed by atoms with Gasteiger partial charge in [0.15, 0.2) is 11.9 Å². The number of furan rings is 1. The van der Waals surface area contributed by atoms with Gasteiger partial charge in [-0.25, -0.2) is 0 Å². The molecule has 0 aliphatic carbocycles. The molecule has 1 aromatic carbocycles. The fourth-order valence-corrected chi connectivity index (χ4v) is 2.87. The van der Waals surface area contributed by atoms with E-state index in [0.29, 0.717) is 6.54 Å². The van der Waals surface area contributed by atoms with Crippen molar-refractivity contribution in [3.63, 3.8) is 0 Å². The van der Waals surface area contributed by atoms with Crippen LogP contribution in [0, 0.1) is 0 Å². The molecule has 7 heteroatoms. The summed E-state index contributed by atoms with van der Waals surface area (Å²) in [5.74, 6) is -1.02. The Hall–Kier alpha value is -3.09. The third-order valence-corrected chi connectivity index (χ3v) is 4.17. The van der Waals surface area contributed by atoms with E-state index < -0.39 is 18.0 Å². The van der Waals surface area contributed by atoms with E-state index in [-0.39, 0.29) is 24.6 Å². The van der Waals surface area contributed by atoms with Crippen LogP contribution in [0.1, 0.15) is 29.5 Å². The first-order valence-electron chi connectivity index (χ1n) is 8.46. The van der Waals surface area contributed by atoms with Gasteiger partial charge in [0, 0.05) is 18.8 Å². The number of amides is 2. The summed E-state index contributed by atoms with van der Waals surface area (Å²) >= 11 is 0. The van der Waals surface area contributed by atoms with Gasteiger partial charge in [-0.05, 0) is 37.1 Å². The number of ether oxygens (including phenoxy) is 1. The first kappa shape index (κ1) is 17.7. The lowest BCUT2D eigenvalue weighted by Crippen LogP contribution is -2.39. The lowest BCUT2D eigenvalue weighted by Gasteiger charge is -2.21. The highest BCUT2D eigenvalue weighted by atomic mass is 16.5. The van der Waals surface area contributed by atoms with Crippen LogP contribution in [0.2, 0.25) is 0 Å². The highest BCUT2D eigenvalue weighted by Crippen LogP contribution is 2.28. The summed E-state index contributed by atoms with van der Waals surface area (Å²) in [6.07, 6.45) is 1.28. The summed E-state index contributed by atoms with van der Waals surface area (Å²) in [6, 6.07) is 10.8. The van der Waals surface area contributed by atoms with E-state index in [1.54, 1.807) is 17.9 Å². The molecule has 7 nitrogen and oxygen atoms in total. The van der Waals surface area contributed by atoms with Crippen molar-refractivity contribution in [1.82, 2.24) is 5.32 Å². The Labute approximate surface area is 150 Å². The van der Waals surface area contributed by atoms with Gasteiger partial charge in [0.05, 0.1) is 12.7 Å². The zero-order chi connectivity index (χ0) is 18.5. The Morgan fingerprint density at radius 3 is 2.81 bits per heavy atom. The van der Waals surface area contributed by atoms with Crippen molar-refractivity contribution in [2.75, 3.05) is 18.0 Å². The van der Waals surface area contributed by atoms with Crippen LogP contribution in [0.4, 0.5) is 5.69 Å². The van der Waals surface area contributed by atoms with Gasteiger partial charge in [-0.2, -0.15) is 0 Å². The number of rotatable bonds is 6. The molecule has 0 saturated heterocycles. The molecule has 0 bridgehead atoms. The monoisotopic (exact) mass is 356 g/mol. The predicted molar refractivity (Wildman–Crippen MR) is 93.7 cm³/mol. The summed E-state index contributed by atoms with van der Waals surface area (Å²) in [5, 5.41) is 2.56. The lowest BCUT2D eigenvalue weighted by atomic mass is 10.2. The number of carbonyl (C=O) groups is 3. The molecule has 1 N–H and O–H groups in total. The standard InChI is InChI=1S/C19H20N2O5/c1-13(19(24)21-11-9-14-5-2-3-6-15(14)21)26-17(22)8-10-20-18(23)16-7-4-12-25-16/h2-7,12-13H,8-11H2,1H3,(H,20,23)/t13-/m0/s1. The SMILES string of the molecule is C[C@H](OC(=O)CCNC(=O)c1ccco1)C(=O)N1CCc2ccccc21. The average Bonchev–Trinajstić information content (AvgIpc) is 3.30. The molecule has 3 rings (SSSR count). The molecule has 1 aromatic heterocycles. The smallest absolute Gasteiger partial charge is 0.308 e. The number of nitrogens with one attached hydrogen (secondary N) is 1. The van der Waals surface area contributed by atoms with Gasteiger partial charge in [-0.15, -0.1) is 0 Å². The van der Waals surface area contributed by atoms with Crippen LogP contribution in [0.3, 0.4) is 0 Å². The molecule has 1 atom stereocenters. The molecule has 1 aliphatic heterocycles. The maximum Gasteiger partial charge on any atom is 0.308 e. The Balaban J connectivity index is 1.45. The van der Waals surface area contributed by atoms with Crippen molar-refractivity contribution in [1.29, 1.82) is 0 Å². The molecule has 2 heterocycles. The van der Waals surface area contributed by atoms with Crippen LogP contribution in [0.25, 0.3) is 0 Å². The highest BCUT2D eigenvalue weighted by Gasteiger charge is 2.29. The quantitative estimate of drug-likeness (QED) is 0.799. The summed E-state index contributed by atoms with van der Waals surface area (Å²) in [6.45, 7) is 2.24. The van der Waals surface area contributed by atoms with E-state index in [9.17, 15) is 14.4 Å². The Kier molecular flexibility index (Phi) is 5.36. The number of fused-ring (bicyclic) bond motifs is 1. The molecular formula is C19H20N2O5. The fraction of sp³-hybridized carbons (Fsp3) is 0.316. The molecule has 1 aliphatic rings. The maximum absolute atomic E-state index is 12.5. The number of hydrogen-bond acceptors (Lipinski definition) is 5. The number of esters is 1. The van der Waals surface area contributed by atoms with Crippen molar-refractivity contribution in [3.05, 3.63) is 54.0 Å². The minimum atomic E-state index is -0.880. The summed E-state index contributed by atoms with van der Waals surface area (Å²) < 4.78 is 10.2. The van der Waals surface area contributed by atoms with Gasteiger partial charge < -0.3 is 19.4 Å². The van der Waals surface area contributed by atoms with Crippen LogP contribution in [0.5, 0.6) is 0 Å². The van der Waals surface area contributed by atoms with E-state index in [0.717, 1.165) is 17.7 Å². The van der Waals surface area contributed by atoms with Crippen LogP contribution in [0.15, 0.2) is 47.1 Å². The Morgan fingerprint density at radius 2 is 2.04 bits per heavy atom. The highest BCUT2D eigenvalue weighted by molar-refractivity contribution is 5.99. The largest absolute Gasteiger partial charge is 0.459 e. The zero-order valence-corrected chi connectivity index (χ0v) is 14.4. The number of hydrogen-bond donors (Lipinski definition) is 1. The molecule has 2 aromatic rings. The predicted octanol–water partition coefficient (Wildman–Crippen LogP) is 1.92. The van der Waals surface area contributed by atoms with Crippen LogP contribution in [-0.2, 0) is 20.7 Å². The Bertz CT molecular complexity index is 800. The number of nitrogens with zero attached hydrogens (tertiary/aromatic N) is 1. The fourth-order valence-electron chi connectivity index (χ4n) is 2.87. The second kappa shape index (κ2) is 7.86. The van der Waals surface area contributed by atoms with Crippen LogP contribution < -0.4 is 10.2 Å². The number of benzene rings is 1. The molecule has 2 amide bonds. The van der Waals surface area contributed by atoms with E-state index in [4.69, 9.17) is 9.15 Å². The van der Waals surface area contributed by atoms with Crippen molar-refractivity contribution in [3.8, 4) is 0 Å². The average molecular weight is 356 g/mol. The van der Waals surface area contributed by atoms with E-state index in [2.05, 4.69) is 5.32 Å². The third-order valence-electron chi connectivity index (χ3n) is 4.17. The first-order valence-corrected chi connectivity index (χ1v) is 8.46. The van der Waals surface area contributed by atoms with Crippen molar-refractivity contribution in [2.45, 2.75) is 25.9 Å². The van der Waals surface area contributed by atoms with Gasteiger partial charge >= 0.3 is 5.97 Å². The molecular weight excluding hydrogens is 336 g/mol. The van der Waals surface area contributed by atoms with E-state index >= 15 is 0 Å². The third kappa shape index (κ3) is 3.93. The topological polar surface area (TPSA) is 88.8 Å². The second-order valence-electron chi connectivity index (χ2n) is 5.98. The summed E-state index contributed by atoms with van der Waals surface area (Å²) in [7, 11) is 0. The maximum atomic E-state index is 12.5. The van der Waals surface area contributed by atoms with Crippen LogP contribution >= 0.6 is 0 Å². The minimum absolute atomic E-state index is 0.0271. The Morgan fingerprint density at radius 1 is 1.23 bits per heavy atom. The van der Waals surface area contributed by atoms with Crippen LogP contribution in [-0.4, -0.2) is 37.0 Å². The second-order valence-corrected chi connectivity index (χ2v) is 5.98. The first-order chi connectivity index (χ1) is 12.6. The normalized spacial score (nSPS) is 13.8.